The van der Waals surface area contributed by atoms with E-state index in [1.54, 1.807) is 12.1 Å². The Morgan fingerprint density at radius 2 is 1.95 bits per heavy atom. The third-order valence-corrected chi connectivity index (χ3v) is 4.72. The van der Waals surface area contributed by atoms with Gasteiger partial charge in [0.15, 0.2) is 0 Å². The molecule has 6 heteroatoms. The Bertz CT molecular complexity index is 735. The molecule has 0 saturated heterocycles. The van der Waals surface area contributed by atoms with E-state index >= 15 is 0 Å². The summed E-state index contributed by atoms with van der Waals surface area (Å²) in [6.45, 7) is 0. The zero-order valence-corrected chi connectivity index (χ0v) is 11.9. The molecule has 1 aromatic heterocycles. The summed E-state index contributed by atoms with van der Waals surface area (Å²) in [7, 11) is 0. The van der Waals surface area contributed by atoms with Crippen LogP contribution in [0.5, 0.6) is 5.75 Å². The number of anilines is 1. The fourth-order valence-electron chi connectivity index (χ4n) is 2.55. The molecule has 0 fully saturated rings. The van der Waals surface area contributed by atoms with E-state index in [-0.39, 0.29) is 16.9 Å². The maximum absolute atomic E-state index is 12.2. The van der Waals surface area contributed by atoms with Crippen molar-refractivity contribution in [3.05, 3.63) is 45.8 Å². The minimum Gasteiger partial charge on any atom is -0.507 e. The molecular weight excluding hydrogens is 290 g/mol. The van der Waals surface area contributed by atoms with Crippen LogP contribution in [0.3, 0.4) is 0 Å². The van der Waals surface area contributed by atoms with E-state index < -0.39 is 11.9 Å². The summed E-state index contributed by atoms with van der Waals surface area (Å²) in [5.74, 6) is -1.66. The second kappa shape index (κ2) is 5.21. The molecule has 0 unspecified atom stereocenters. The number of aryl methyl sites for hydroxylation is 1. The number of para-hydroxylation sites is 1. The third-order valence-electron chi connectivity index (χ3n) is 3.51. The predicted molar refractivity (Wildman–Crippen MR) is 79.4 cm³/mol. The molecule has 1 amide bonds. The van der Waals surface area contributed by atoms with Crippen molar-refractivity contribution in [2.75, 3.05) is 5.32 Å². The van der Waals surface area contributed by atoms with Crippen LogP contribution in [0.25, 0.3) is 0 Å². The summed E-state index contributed by atoms with van der Waals surface area (Å²) in [5, 5.41) is 22.0. The number of fused-ring (bicyclic) bond motifs is 1. The fraction of sp³-hybridized carbons (Fsp3) is 0.200. The molecule has 5 nitrogen and oxygen atoms in total. The average molecular weight is 303 g/mol. The summed E-state index contributed by atoms with van der Waals surface area (Å²) >= 11 is 1.31. The molecule has 0 atom stereocenters. The number of aromatic carboxylic acids is 1. The molecule has 108 valence electrons. The number of carboxylic acid groups (broad SMARTS) is 1. The number of phenols is 1. The van der Waals surface area contributed by atoms with Crippen LogP contribution in [-0.4, -0.2) is 22.1 Å². The lowest BCUT2D eigenvalue weighted by atomic mass is 10.1. The molecular formula is C15H13NO4S. The van der Waals surface area contributed by atoms with Crippen molar-refractivity contribution in [2.24, 2.45) is 0 Å². The fourth-order valence-corrected chi connectivity index (χ4v) is 3.83. The summed E-state index contributed by atoms with van der Waals surface area (Å²) in [6, 6.07) is 6.17. The Kier molecular flexibility index (Phi) is 3.39. The summed E-state index contributed by atoms with van der Waals surface area (Å²) in [6.07, 6.45) is 2.54. The van der Waals surface area contributed by atoms with Crippen LogP contribution in [0.4, 0.5) is 5.00 Å². The standard InChI is InChI=1S/C15H13NO4S/c17-10-6-2-1-4-8(10)13(18)16-14-12(15(19)20)9-5-3-7-11(9)21-14/h1-2,4,6,17H,3,5,7H2,(H,16,18)(H,19,20). The van der Waals surface area contributed by atoms with Crippen molar-refractivity contribution in [3.8, 4) is 5.75 Å². The van der Waals surface area contributed by atoms with Gasteiger partial charge in [0.2, 0.25) is 0 Å². The first-order valence-electron chi connectivity index (χ1n) is 6.55. The Morgan fingerprint density at radius 1 is 1.19 bits per heavy atom. The molecule has 0 radical (unpaired) electrons. The molecule has 1 aromatic carbocycles. The van der Waals surface area contributed by atoms with Gasteiger partial charge in [0.1, 0.15) is 10.8 Å². The van der Waals surface area contributed by atoms with Gasteiger partial charge in [-0.2, -0.15) is 0 Å². The quantitative estimate of drug-likeness (QED) is 0.813. The van der Waals surface area contributed by atoms with Gasteiger partial charge in [0, 0.05) is 4.88 Å². The van der Waals surface area contributed by atoms with E-state index in [9.17, 15) is 19.8 Å². The number of phenolic OH excluding ortho intramolecular Hbond substituents is 1. The van der Waals surface area contributed by atoms with Crippen molar-refractivity contribution in [1.29, 1.82) is 0 Å². The largest absolute Gasteiger partial charge is 0.507 e. The highest BCUT2D eigenvalue weighted by molar-refractivity contribution is 7.17. The maximum atomic E-state index is 12.2. The van der Waals surface area contributed by atoms with Crippen molar-refractivity contribution in [3.63, 3.8) is 0 Å². The second-order valence-electron chi connectivity index (χ2n) is 4.84. The lowest BCUT2D eigenvalue weighted by Gasteiger charge is -2.06. The molecule has 2 aromatic rings. The van der Waals surface area contributed by atoms with Crippen LogP contribution in [0.1, 0.15) is 37.6 Å². The molecule has 1 aliphatic carbocycles. The van der Waals surface area contributed by atoms with Crippen molar-refractivity contribution < 1.29 is 19.8 Å². The van der Waals surface area contributed by atoms with Crippen molar-refractivity contribution in [1.82, 2.24) is 0 Å². The first-order chi connectivity index (χ1) is 10.1. The molecule has 0 aliphatic heterocycles. The van der Waals surface area contributed by atoms with Gasteiger partial charge in [0.05, 0.1) is 11.1 Å². The Labute approximate surface area is 124 Å². The van der Waals surface area contributed by atoms with Gasteiger partial charge in [0.25, 0.3) is 5.91 Å². The zero-order chi connectivity index (χ0) is 15.0. The summed E-state index contributed by atoms with van der Waals surface area (Å²) in [4.78, 5) is 24.6. The number of benzene rings is 1. The predicted octanol–water partition coefficient (Wildman–Crippen LogP) is 2.89. The second-order valence-corrected chi connectivity index (χ2v) is 5.94. The van der Waals surface area contributed by atoms with Gasteiger partial charge < -0.3 is 15.5 Å². The van der Waals surface area contributed by atoms with E-state index in [2.05, 4.69) is 5.32 Å². The lowest BCUT2D eigenvalue weighted by Crippen LogP contribution is -2.14. The number of nitrogens with one attached hydrogen (secondary N) is 1. The van der Waals surface area contributed by atoms with E-state index in [4.69, 9.17) is 0 Å². The molecule has 0 spiro atoms. The molecule has 3 N–H and O–H groups in total. The Morgan fingerprint density at radius 3 is 2.67 bits per heavy atom. The van der Waals surface area contributed by atoms with Gasteiger partial charge in [-0.1, -0.05) is 12.1 Å². The van der Waals surface area contributed by atoms with E-state index in [1.165, 1.54) is 23.5 Å². The molecule has 21 heavy (non-hydrogen) atoms. The maximum Gasteiger partial charge on any atom is 0.339 e. The van der Waals surface area contributed by atoms with Crippen LogP contribution < -0.4 is 5.32 Å². The number of carbonyl (C=O) groups excluding carboxylic acids is 1. The lowest BCUT2D eigenvalue weighted by molar-refractivity contribution is 0.0697. The smallest absolute Gasteiger partial charge is 0.339 e. The van der Waals surface area contributed by atoms with E-state index in [1.807, 2.05) is 0 Å². The molecule has 3 rings (SSSR count). The first-order valence-corrected chi connectivity index (χ1v) is 7.36. The van der Waals surface area contributed by atoms with E-state index in [0.717, 1.165) is 29.7 Å². The SMILES string of the molecule is O=C(Nc1sc2c(c1C(=O)O)CCC2)c1ccccc1O. The highest BCUT2D eigenvalue weighted by atomic mass is 32.1. The monoisotopic (exact) mass is 303 g/mol. The van der Waals surface area contributed by atoms with Crippen LogP contribution in [0, 0.1) is 0 Å². The normalized spacial score (nSPS) is 13.0. The number of carbonyl (C=O) groups is 2. The molecule has 1 aliphatic rings. The summed E-state index contributed by atoms with van der Waals surface area (Å²) in [5.41, 5.74) is 1.15. The van der Waals surface area contributed by atoms with Crippen molar-refractivity contribution in [2.45, 2.75) is 19.3 Å². The number of amides is 1. The van der Waals surface area contributed by atoms with Gasteiger partial charge in [-0.3, -0.25) is 4.79 Å². The minimum absolute atomic E-state index is 0.127. The van der Waals surface area contributed by atoms with Crippen LogP contribution in [-0.2, 0) is 12.8 Å². The number of aromatic hydroxyl groups is 1. The Balaban J connectivity index is 1.94. The van der Waals surface area contributed by atoms with Crippen LogP contribution in [0.2, 0.25) is 0 Å². The number of carboxylic acids is 1. The molecule has 0 bridgehead atoms. The molecule has 1 heterocycles. The van der Waals surface area contributed by atoms with Crippen LogP contribution >= 0.6 is 11.3 Å². The van der Waals surface area contributed by atoms with Gasteiger partial charge in [-0.15, -0.1) is 11.3 Å². The number of hydrogen-bond donors (Lipinski definition) is 3. The van der Waals surface area contributed by atoms with Gasteiger partial charge in [-0.25, -0.2) is 4.79 Å². The average Bonchev–Trinajstić information content (AvgIpc) is 2.98. The zero-order valence-electron chi connectivity index (χ0n) is 11.0. The third kappa shape index (κ3) is 2.38. The highest BCUT2D eigenvalue weighted by Crippen LogP contribution is 2.39. The number of hydrogen-bond acceptors (Lipinski definition) is 4. The Hall–Kier alpha value is -2.34. The number of rotatable bonds is 3. The van der Waals surface area contributed by atoms with Crippen molar-refractivity contribution >= 4 is 28.2 Å². The number of thiophene rings is 1. The topological polar surface area (TPSA) is 86.6 Å². The van der Waals surface area contributed by atoms with E-state index in [0.29, 0.717) is 5.00 Å². The van der Waals surface area contributed by atoms with Gasteiger partial charge in [-0.05, 0) is 37.0 Å². The van der Waals surface area contributed by atoms with Gasteiger partial charge >= 0.3 is 5.97 Å². The summed E-state index contributed by atoms with van der Waals surface area (Å²) < 4.78 is 0. The first kappa shape index (κ1) is 13.6. The molecule has 0 saturated carbocycles. The minimum atomic E-state index is -1.03. The van der Waals surface area contributed by atoms with Crippen LogP contribution in [0.15, 0.2) is 24.3 Å². The highest BCUT2D eigenvalue weighted by Gasteiger charge is 2.27.